The van der Waals surface area contributed by atoms with Gasteiger partial charge in [0, 0.05) is 17.4 Å². The fraction of sp³-hybridized carbons (Fsp3) is 0.600. The van der Waals surface area contributed by atoms with Crippen LogP contribution in [0.5, 0.6) is 0 Å². The number of carbonyl (C=O) groups is 1. The molecular weight excluding hydrogens is 256 g/mol. The van der Waals surface area contributed by atoms with Gasteiger partial charge in [-0.15, -0.1) is 0 Å². The molecule has 1 aliphatic rings. The van der Waals surface area contributed by atoms with Crippen LogP contribution in [0.2, 0.25) is 0 Å². The Morgan fingerprint density at radius 3 is 2.45 bits per heavy atom. The zero-order valence-corrected chi connectivity index (χ0v) is 12.6. The maximum atomic E-state index is 9.45. The third-order valence-electron chi connectivity index (χ3n) is 3.50. The Bertz CT molecular complexity index is 460. The summed E-state index contributed by atoms with van der Waals surface area (Å²) in [4.78, 5) is 16.4. The highest BCUT2D eigenvalue weighted by atomic mass is 16.4. The van der Waals surface area contributed by atoms with Gasteiger partial charge in [0.25, 0.3) is 0 Å². The summed E-state index contributed by atoms with van der Waals surface area (Å²) in [7, 11) is 2.21. The predicted octanol–water partition coefficient (Wildman–Crippen LogP) is 1.92. The molecule has 0 bridgehead atoms. The molecule has 20 heavy (non-hydrogen) atoms. The highest BCUT2D eigenvalue weighted by molar-refractivity contribution is 5.71. The SMILES string of the molecule is C[C@H](O)C(=O)O.Cc1ccc([C@@H]2CCCN2C)c(C)n1. The summed E-state index contributed by atoms with van der Waals surface area (Å²) in [5.41, 5.74) is 3.73. The summed E-state index contributed by atoms with van der Waals surface area (Å²) in [5.74, 6) is -1.19. The van der Waals surface area contributed by atoms with E-state index in [1.807, 2.05) is 0 Å². The standard InChI is InChI=1S/C12H18N2.C3H6O3/c1-9-6-7-11(10(2)13-9)12-5-4-8-14(12)3;1-2(4)3(5)6/h6-7,12H,4-5,8H2,1-3H3;2,4H,1H3,(H,5,6)/t12-;2-/m00/s1. The lowest BCUT2D eigenvalue weighted by Gasteiger charge is -2.21. The molecule has 0 unspecified atom stereocenters. The normalized spacial score (nSPS) is 20.1. The van der Waals surface area contributed by atoms with E-state index in [-0.39, 0.29) is 0 Å². The number of nitrogens with zero attached hydrogens (tertiary/aromatic N) is 2. The van der Waals surface area contributed by atoms with Crippen molar-refractivity contribution in [2.24, 2.45) is 0 Å². The molecule has 2 N–H and O–H groups in total. The van der Waals surface area contributed by atoms with E-state index < -0.39 is 12.1 Å². The average molecular weight is 280 g/mol. The first-order valence-corrected chi connectivity index (χ1v) is 6.88. The second kappa shape index (κ2) is 7.36. The van der Waals surface area contributed by atoms with Crippen LogP contribution < -0.4 is 0 Å². The molecular formula is C15H24N2O3. The van der Waals surface area contributed by atoms with E-state index in [2.05, 4.69) is 42.9 Å². The van der Waals surface area contributed by atoms with Gasteiger partial charge in [0.05, 0.1) is 0 Å². The second-order valence-electron chi connectivity index (χ2n) is 5.28. The number of hydrogen-bond donors (Lipinski definition) is 2. The van der Waals surface area contributed by atoms with Gasteiger partial charge < -0.3 is 10.2 Å². The maximum absolute atomic E-state index is 9.45. The van der Waals surface area contributed by atoms with Gasteiger partial charge in [0.15, 0.2) is 0 Å². The number of pyridine rings is 1. The lowest BCUT2D eigenvalue weighted by molar-refractivity contribution is -0.145. The smallest absolute Gasteiger partial charge is 0.332 e. The number of aliphatic hydroxyl groups is 1. The number of hydrogen-bond acceptors (Lipinski definition) is 4. The Hall–Kier alpha value is -1.46. The number of rotatable bonds is 2. The molecule has 2 rings (SSSR count). The van der Waals surface area contributed by atoms with Crippen molar-refractivity contribution in [3.8, 4) is 0 Å². The topological polar surface area (TPSA) is 73.7 Å². The van der Waals surface area contributed by atoms with Crippen molar-refractivity contribution in [3.05, 3.63) is 29.1 Å². The molecule has 1 aromatic rings. The highest BCUT2D eigenvalue weighted by Crippen LogP contribution is 2.31. The highest BCUT2D eigenvalue weighted by Gasteiger charge is 2.23. The van der Waals surface area contributed by atoms with Gasteiger partial charge in [-0.25, -0.2) is 4.79 Å². The molecule has 1 aliphatic heterocycles. The van der Waals surface area contributed by atoms with Crippen molar-refractivity contribution >= 4 is 5.97 Å². The Labute approximate surface area is 120 Å². The third-order valence-corrected chi connectivity index (χ3v) is 3.50. The molecule has 0 saturated carbocycles. The second-order valence-corrected chi connectivity index (χ2v) is 5.28. The fourth-order valence-corrected chi connectivity index (χ4v) is 2.35. The number of carboxylic acids is 1. The molecule has 0 radical (unpaired) electrons. The van der Waals surface area contributed by atoms with Gasteiger partial charge >= 0.3 is 5.97 Å². The lowest BCUT2D eigenvalue weighted by atomic mass is 10.0. The van der Waals surface area contributed by atoms with E-state index in [9.17, 15) is 4.79 Å². The molecule has 1 saturated heterocycles. The number of likely N-dealkylation sites (tertiary alicyclic amines) is 1. The molecule has 1 fully saturated rings. The largest absolute Gasteiger partial charge is 0.479 e. The predicted molar refractivity (Wildman–Crippen MR) is 77.6 cm³/mol. The Balaban J connectivity index is 0.000000286. The van der Waals surface area contributed by atoms with Crippen LogP contribution in [0.1, 0.15) is 42.8 Å². The first-order chi connectivity index (χ1) is 9.32. The van der Waals surface area contributed by atoms with Crippen LogP contribution in [0, 0.1) is 13.8 Å². The molecule has 0 amide bonds. The molecule has 0 aromatic carbocycles. The molecule has 5 heteroatoms. The van der Waals surface area contributed by atoms with Gasteiger partial charge in [-0.2, -0.15) is 0 Å². The van der Waals surface area contributed by atoms with Crippen LogP contribution in [0.25, 0.3) is 0 Å². The Morgan fingerprint density at radius 2 is 2.05 bits per heavy atom. The van der Waals surface area contributed by atoms with Crippen molar-refractivity contribution in [2.45, 2.75) is 45.8 Å². The molecule has 5 nitrogen and oxygen atoms in total. The van der Waals surface area contributed by atoms with Gasteiger partial charge in [0.2, 0.25) is 0 Å². The quantitative estimate of drug-likeness (QED) is 0.865. The van der Waals surface area contributed by atoms with Gasteiger partial charge in [0.1, 0.15) is 6.10 Å². The summed E-state index contributed by atoms with van der Waals surface area (Å²) < 4.78 is 0. The molecule has 1 aromatic heterocycles. The summed E-state index contributed by atoms with van der Waals surface area (Å²) in [5, 5.41) is 15.8. The minimum atomic E-state index is -1.23. The number of aromatic nitrogens is 1. The van der Waals surface area contributed by atoms with Crippen molar-refractivity contribution in [1.82, 2.24) is 9.88 Å². The van der Waals surface area contributed by atoms with E-state index in [1.54, 1.807) is 0 Å². The monoisotopic (exact) mass is 280 g/mol. The van der Waals surface area contributed by atoms with Crippen LogP contribution >= 0.6 is 0 Å². The number of aryl methyl sites for hydroxylation is 2. The number of aliphatic carboxylic acids is 1. The summed E-state index contributed by atoms with van der Waals surface area (Å²) in [6, 6.07) is 4.96. The Kier molecular flexibility index (Phi) is 6.10. The average Bonchev–Trinajstić information content (AvgIpc) is 2.76. The van der Waals surface area contributed by atoms with E-state index in [0.29, 0.717) is 6.04 Å². The van der Waals surface area contributed by atoms with E-state index in [4.69, 9.17) is 10.2 Å². The first kappa shape index (κ1) is 16.6. The minimum Gasteiger partial charge on any atom is -0.479 e. The van der Waals surface area contributed by atoms with Crippen LogP contribution in [0.15, 0.2) is 12.1 Å². The van der Waals surface area contributed by atoms with Gasteiger partial charge in [-0.05, 0) is 58.8 Å². The fourth-order valence-electron chi connectivity index (χ4n) is 2.35. The van der Waals surface area contributed by atoms with E-state index in [1.165, 1.54) is 37.6 Å². The van der Waals surface area contributed by atoms with Crippen LogP contribution in [-0.2, 0) is 4.79 Å². The zero-order valence-electron chi connectivity index (χ0n) is 12.6. The minimum absolute atomic E-state index is 0.600. The van der Waals surface area contributed by atoms with E-state index >= 15 is 0 Å². The third kappa shape index (κ3) is 4.58. The summed E-state index contributed by atoms with van der Waals surface area (Å²) in [6.45, 7) is 6.59. The van der Waals surface area contributed by atoms with Crippen molar-refractivity contribution < 1.29 is 15.0 Å². The molecule has 112 valence electrons. The number of aliphatic hydroxyl groups excluding tert-OH is 1. The molecule has 2 atom stereocenters. The van der Waals surface area contributed by atoms with Crippen molar-refractivity contribution in [1.29, 1.82) is 0 Å². The lowest BCUT2D eigenvalue weighted by Crippen LogP contribution is -2.18. The molecule has 2 heterocycles. The van der Waals surface area contributed by atoms with Crippen LogP contribution in [-0.4, -0.2) is 45.8 Å². The number of carboxylic acid groups (broad SMARTS) is 1. The van der Waals surface area contributed by atoms with Crippen LogP contribution in [0.3, 0.4) is 0 Å². The summed E-state index contributed by atoms with van der Waals surface area (Å²) in [6.07, 6.45) is 1.36. The van der Waals surface area contributed by atoms with Crippen LogP contribution in [0.4, 0.5) is 0 Å². The molecule has 0 spiro atoms. The van der Waals surface area contributed by atoms with Gasteiger partial charge in [-0.1, -0.05) is 6.07 Å². The van der Waals surface area contributed by atoms with Crippen molar-refractivity contribution in [3.63, 3.8) is 0 Å². The van der Waals surface area contributed by atoms with Crippen molar-refractivity contribution in [2.75, 3.05) is 13.6 Å². The van der Waals surface area contributed by atoms with Gasteiger partial charge in [-0.3, -0.25) is 9.88 Å². The Morgan fingerprint density at radius 1 is 1.45 bits per heavy atom. The molecule has 0 aliphatic carbocycles. The maximum Gasteiger partial charge on any atom is 0.332 e. The first-order valence-electron chi connectivity index (χ1n) is 6.88. The summed E-state index contributed by atoms with van der Waals surface area (Å²) >= 11 is 0. The zero-order chi connectivity index (χ0) is 15.3. The van der Waals surface area contributed by atoms with E-state index in [0.717, 1.165) is 5.69 Å².